The van der Waals surface area contributed by atoms with Crippen molar-refractivity contribution in [2.24, 2.45) is 11.8 Å². The maximum atomic E-state index is 11.6. The molecule has 2 unspecified atom stereocenters. The molecule has 1 heterocycles. The maximum Gasteiger partial charge on any atom is 0.225 e. The first kappa shape index (κ1) is 13.7. The molecule has 94 valence electrons. The normalized spacial score (nSPS) is 29.3. The van der Waals surface area contributed by atoms with Crippen LogP contribution in [-0.4, -0.2) is 38.8 Å². The van der Waals surface area contributed by atoms with Crippen LogP contribution >= 0.6 is 12.4 Å². The van der Waals surface area contributed by atoms with Gasteiger partial charge in [-0.2, -0.15) is 0 Å². The Morgan fingerprint density at radius 3 is 2.75 bits per heavy atom. The van der Waals surface area contributed by atoms with Crippen molar-refractivity contribution in [3.8, 4) is 0 Å². The highest BCUT2D eigenvalue weighted by Crippen LogP contribution is 2.27. The Kier molecular flexibility index (Phi) is 5.52. The number of amides is 1. The van der Waals surface area contributed by atoms with E-state index in [1.807, 2.05) is 0 Å². The number of carbonyl (C=O) groups excluding carboxylic acids is 1. The van der Waals surface area contributed by atoms with E-state index in [0.29, 0.717) is 12.0 Å². The molecule has 5 heteroatoms. The van der Waals surface area contributed by atoms with Gasteiger partial charge in [0, 0.05) is 32.7 Å². The van der Waals surface area contributed by atoms with Crippen LogP contribution in [0.3, 0.4) is 0 Å². The average Bonchev–Trinajstić information content (AvgIpc) is 2.58. The summed E-state index contributed by atoms with van der Waals surface area (Å²) in [5, 5.41) is 6.14. The van der Waals surface area contributed by atoms with Gasteiger partial charge in [-0.3, -0.25) is 4.79 Å². The summed E-state index contributed by atoms with van der Waals surface area (Å²) in [4.78, 5) is 11.6. The van der Waals surface area contributed by atoms with Crippen LogP contribution in [0, 0.1) is 11.8 Å². The van der Waals surface area contributed by atoms with Crippen molar-refractivity contribution >= 4 is 18.3 Å². The highest BCUT2D eigenvalue weighted by Gasteiger charge is 2.29. The van der Waals surface area contributed by atoms with Crippen LogP contribution in [0.25, 0.3) is 0 Å². The molecule has 2 aliphatic rings. The molecular formula is C11H21ClN2O2. The van der Waals surface area contributed by atoms with E-state index in [4.69, 9.17) is 4.74 Å². The summed E-state index contributed by atoms with van der Waals surface area (Å²) in [7, 11) is 1.76. The van der Waals surface area contributed by atoms with Gasteiger partial charge in [0.05, 0.1) is 12.0 Å². The summed E-state index contributed by atoms with van der Waals surface area (Å²) >= 11 is 0. The fraction of sp³-hybridized carbons (Fsp3) is 0.909. The molecule has 0 aromatic heterocycles. The smallest absolute Gasteiger partial charge is 0.225 e. The van der Waals surface area contributed by atoms with Crippen LogP contribution in [0.5, 0.6) is 0 Å². The maximum absolute atomic E-state index is 11.6. The number of nitrogens with one attached hydrogen (secondary N) is 2. The van der Waals surface area contributed by atoms with E-state index in [2.05, 4.69) is 10.6 Å². The molecule has 0 aromatic rings. The Labute approximate surface area is 103 Å². The van der Waals surface area contributed by atoms with Gasteiger partial charge in [0.1, 0.15) is 0 Å². The Balaban J connectivity index is 0.00000128. The lowest BCUT2D eigenvalue weighted by atomic mass is 10.0. The Bertz CT molecular complexity index is 234. The van der Waals surface area contributed by atoms with Crippen molar-refractivity contribution in [3.63, 3.8) is 0 Å². The quantitative estimate of drug-likeness (QED) is 0.765. The Hall–Kier alpha value is -0.320. The second-order valence-corrected chi connectivity index (χ2v) is 4.57. The lowest BCUT2D eigenvalue weighted by Crippen LogP contribution is -2.51. The minimum atomic E-state index is 0. The number of rotatable bonds is 4. The van der Waals surface area contributed by atoms with Gasteiger partial charge in [0.15, 0.2) is 0 Å². The van der Waals surface area contributed by atoms with Crippen LogP contribution in [0.4, 0.5) is 0 Å². The fourth-order valence-corrected chi connectivity index (χ4v) is 2.40. The van der Waals surface area contributed by atoms with Crippen molar-refractivity contribution < 1.29 is 9.53 Å². The van der Waals surface area contributed by atoms with E-state index in [1.54, 1.807) is 7.11 Å². The molecule has 4 nitrogen and oxygen atoms in total. The predicted molar refractivity (Wildman–Crippen MR) is 64.8 cm³/mol. The number of methoxy groups -OCH3 is 1. The van der Waals surface area contributed by atoms with Gasteiger partial charge in [0.2, 0.25) is 5.91 Å². The number of hydrogen-bond acceptors (Lipinski definition) is 3. The predicted octanol–water partition coefficient (Wildman–Crippen LogP) is 0.559. The molecule has 1 aliphatic heterocycles. The molecule has 2 rings (SSSR count). The molecule has 0 spiro atoms. The minimum absolute atomic E-state index is 0. The average molecular weight is 249 g/mol. The van der Waals surface area contributed by atoms with E-state index in [0.717, 1.165) is 26.1 Å². The first-order chi connectivity index (χ1) is 7.31. The second-order valence-electron chi connectivity index (χ2n) is 4.57. The highest BCUT2D eigenvalue weighted by atomic mass is 35.5. The molecule has 2 fully saturated rings. The summed E-state index contributed by atoms with van der Waals surface area (Å²) < 4.78 is 5.39. The largest absolute Gasteiger partial charge is 0.381 e. The van der Waals surface area contributed by atoms with Crippen LogP contribution in [0.15, 0.2) is 0 Å². The number of halogens is 1. The number of hydrogen-bond donors (Lipinski definition) is 2. The molecule has 0 aromatic carbocycles. The lowest BCUT2D eigenvalue weighted by molar-refractivity contribution is -0.126. The third-order valence-electron chi connectivity index (χ3n) is 3.58. The summed E-state index contributed by atoms with van der Waals surface area (Å²) in [5.41, 5.74) is 0. The Morgan fingerprint density at radius 1 is 1.44 bits per heavy atom. The molecule has 1 amide bonds. The molecule has 0 radical (unpaired) electrons. The first-order valence-corrected chi connectivity index (χ1v) is 5.82. The zero-order valence-corrected chi connectivity index (χ0v) is 10.5. The minimum Gasteiger partial charge on any atom is -0.381 e. The summed E-state index contributed by atoms with van der Waals surface area (Å²) in [6.45, 7) is 2.46. The van der Waals surface area contributed by atoms with Crippen molar-refractivity contribution in [2.75, 3.05) is 26.7 Å². The summed E-state index contributed by atoms with van der Waals surface area (Å²) in [5.74, 6) is 0.926. The monoisotopic (exact) mass is 248 g/mol. The van der Waals surface area contributed by atoms with Gasteiger partial charge < -0.3 is 15.4 Å². The fourth-order valence-electron chi connectivity index (χ4n) is 2.40. The van der Waals surface area contributed by atoms with Gasteiger partial charge in [-0.15, -0.1) is 12.4 Å². The first-order valence-electron chi connectivity index (χ1n) is 5.82. The van der Waals surface area contributed by atoms with Crippen molar-refractivity contribution in [3.05, 3.63) is 0 Å². The third-order valence-corrected chi connectivity index (χ3v) is 3.58. The van der Waals surface area contributed by atoms with Gasteiger partial charge >= 0.3 is 0 Å². The lowest BCUT2D eigenvalue weighted by Gasteiger charge is -2.27. The van der Waals surface area contributed by atoms with Crippen LogP contribution in [0.2, 0.25) is 0 Å². The second kappa shape index (κ2) is 6.42. The van der Waals surface area contributed by atoms with E-state index in [1.165, 1.54) is 12.8 Å². The van der Waals surface area contributed by atoms with Gasteiger partial charge in [-0.1, -0.05) is 6.42 Å². The van der Waals surface area contributed by atoms with Crippen molar-refractivity contribution in [1.29, 1.82) is 0 Å². The molecule has 0 bridgehead atoms. The molecule has 1 saturated carbocycles. The van der Waals surface area contributed by atoms with Crippen LogP contribution < -0.4 is 10.6 Å². The van der Waals surface area contributed by atoms with E-state index >= 15 is 0 Å². The molecule has 2 N–H and O–H groups in total. The van der Waals surface area contributed by atoms with E-state index in [9.17, 15) is 4.79 Å². The summed E-state index contributed by atoms with van der Waals surface area (Å²) in [6, 6.07) is 0. The molecule has 1 aliphatic carbocycles. The van der Waals surface area contributed by atoms with E-state index in [-0.39, 0.29) is 24.2 Å². The molecule has 16 heavy (non-hydrogen) atoms. The van der Waals surface area contributed by atoms with Crippen molar-refractivity contribution in [2.45, 2.75) is 25.4 Å². The van der Waals surface area contributed by atoms with Crippen molar-refractivity contribution in [1.82, 2.24) is 10.6 Å². The molecule has 2 atom stereocenters. The third kappa shape index (κ3) is 3.09. The standard InChI is InChI=1S/C11H20N2O2.ClH/c1-15-10-4-2-3-8(10)7-13-11(14)9-5-12-6-9;/h8-10,12H,2-7H2,1H3,(H,13,14);1H. The molecular weight excluding hydrogens is 228 g/mol. The Morgan fingerprint density at radius 2 is 2.19 bits per heavy atom. The van der Waals surface area contributed by atoms with E-state index < -0.39 is 0 Å². The van der Waals surface area contributed by atoms with Crippen LogP contribution in [0.1, 0.15) is 19.3 Å². The zero-order chi connectivity index (χ0) is 10.7. The molecule has 1 saturated heterocycles. The SMILES string of the molecule is COC1CCCC1CNC(=O)C1CNC1.Cl. The van der Waals surface area contributed by atoms with Gasteiger partial charge in [-0.05, 0) is 12.8 Å². The van der Waals surface area contributed by atoms with Crippen LogP contribution in [-0.2, 0) is 9.53 Å². The zero-order valence-electron chi connectivity index (χ0n) is 9.70. The van der Waals surface area contributed by atoms with Gasteiger partial charge in [-0.25, -0.2) is 0 Å². The van der Waals surface area contributed by atoms with Gasteiger partial charge in [0.25, 0.3) is 0 Å². The highest BCUT2D eigenvalue weighted by molar-refractivity contribution is 5.85. The summed E-state index contributed by atoms with van der Waals surface area (Å²) in [6.07, 6.45) is 3.90. The topological polar surface area (TPSA) is 50.4 Å². The number of ether oxygens (including phenoxy) is 1. The number of carbonyl (C=O) groups is 1.